The molecule has 3 nitrogen and oxygen atoms in total. The van der Waals surface area contributed by atoms with Gasteiger partial charge < -0.3 is 14.8 Å². The van der Waals surface area contributed by atoms with Crippen LogP contribution < -0.4 is 14.8 Å². The van der Waals surface area contributed by atoms with E-state index in [1.807, 2.05) is 48.5 Å². The Morgan fingerprint density at radius 3 is 2.12 bits per heavy atom. The first kappa shape index (κ1) is 17.9. The maximum absolute atomic E-state index is 5.94. The van der Waals surface area contributed by atoms with E-state index in [-0.39, 0.29) is 0 Å². The number of hydrogen-bond acceptors (Lipinski definition) is 3. The van der Waals surface area contributed by atoms with Crippen molar-refractivity contribution >= 4 is 5.69 Å². The zero-order valence-corrected chi connectivity index (χ0v) is 15.4. The van der Waals surface area contributed by atoms with Gasteiger partial charge in [-0.05, 0) is 43.2 Å². The number of nitrogens with one attached hydrogen (secondary N) is 1. The molecule has 0 unspecified atom stereocenters. The van der Waals surface area contributed by atoms with Crippen LogP contribution >= 0.6 is 0 Å². The molecular formula is C23H25NO2. The van der Waals surface area contributed by atoms with Gasteiger partial charge in [0.15, 0.2) is 0 Å². The van der Waals surface area contributed by atoms with Gasteiger partial charge in [-0.1, -0.05) is 54.6 Å². The Hall–Kier alpha value is -2.94. The maximum atomic E-state index is 5.94. The predicted molar refractivity (Wildman–Crippen MR) is 107 cm³/mol. The van der Waals surface area contributed by atoms with Crippen molar-refractivity contribution in [2.75, 3.05) is 18.5 Å². The van der Waals surface area contributed by atoms with E-state index in [0.29, 0.717) is 13.2 Å². The summed E-state index contributed by atoms with van der Waals surface area (Å²) in [5.74, 6) is 1.75. The Morgan fingerprint density at radius 2 is 1.35 bits per heavy atom. The summed E-state index contributed by atoms with van der Waals surface area (Å²) < 4.78 is 11.6. The third kappa shape index (κ3) is 4.79. The van der Waals surface area contributed by atoms with Gasteiger partial charge >= 0.3 is 0 Å². The number of aryl methyl sites for hydroxylation is 2. The molecule has 0 bridgehead atoms. The van der Waals surface area contributed by atoms with E-state index in [1.54, 1.807) is 0 Å². The van der Waals surface area contributed by atoms with Crippen LogP contribution in [0.2, 0.25) is 0 Å². The molecular weight excluding hydrogens is 322 g/mol. The van der Waals surface area contributed by atoms with Gasteiger partial charge in [-0.3, -0.25) is 0 Å². The average Bonchev–Trinajstić information content (AvgIpc) is 2.66. The largest absolute Gasteiger partial charge is 0.490 e. The third-order valence-corrected chi connectivity index (χ3v) is 4.26. The molecule has 0 amide bonds. The highest BCUT2D eigenvalue weighted by atomic mass is 16.5. The molecule has 3 aromatic rings. The van der Waals surface area contributed by atoms with Crippen molar-refractivity contribution in [2.24, 2.45) is 0 Å². The number of hydrogen-bond donors (Lipinski definition) is 1. The lowest BCUT2D eigenvalue weighted by Gasteiger charge is -2.15. The molecule has 0 aromatic heterocycles. The lowest BCUT2D eigenvalue weighted by molar-refractivity contribution is 0.216. The first-order chi connectivity index (χ1) is 12.7. The van der Waals surface area contributed by atoms with Crippen molar-refractivity contribution in [3.8, 4) is 11.5 Å². The van der Waals surface area contributed by atoms with Gasteiger partial charge in [0.1, 0.15) is 24.7 Å². The van der Waals surface area contributed by atoms with E-state index >= 15 is 0 Å². The van der Waals surface area contributed by atoms with Crippen LogP contribution in [-0.2, 0) is 6.54 Å². The monoisotopic (exact) mass is 347 g/mol. The van der Waals surface area contributed by atoms with E-state index in [1.165, 1.54) is 16.8 Å². The van der Waals surface area contributed by atoms with Gasteiger partial charge in [0.2, 0.25) is 0 Å². The highest BCUT2D eigenvalue weighted by Gasteiger charge is 2.06. The van der Waals surface area contributed by atoms with Gasteiger partial charge in [0.05, 0.1) is 0 Å². The number of rotatable bonds is 8. The van der Waals surface area contributed by atoms with Crippen molar-refractivity contribution in [1.29, 1.82) is 0 Å². The van der Waals surface area contributed by atoms with Crippen molar-refractivity contribution in [3.63, 3.8) is 0 Å². The van der Waals surface area contributed by atoms with Crippen LogP contribution in [0, 0.1) is 13.8 Å². The molecule has 3 heteroatoms. The maximum Gasteiger partial charge on any atom is 0.124 e. The van der Waals surface area contributed by atoms with Gasteiger partial charge in [0, 0.05) is 17.8 Å². The average molecular weight is 347 g/mol. The Balaban J connectivity index is 1.56. The van der Waals surface area contributed by atoms with E-state index in [0.717, 1.165) is 23.6 Å². The topological polar surface area (TPSA) is 30.5 Å². The van der Waals surface area contributed by atoms with Crippen LogP contribution in [0.25, 0.3) is 0 Å². The minimum atomic E-state index is 0.509. The van der Waals surface area contributed by atoms with E-state index in [9.17, 15) is 0 Å². The second-order valence-corrected chi connectivity index (χ2v) is 6.24. The quantitative estimate of drug-likeness (QED) is 0.555. The summed E-state index contributed by atoms with van der Waals surface area (Å²) in [5, 5.41) is 3.54. The van der Waals surface area contributed by atoms with Gasteiger partial charge in [-0.25, -0.2) is 0 Å². The molecule has 0 saturated heterocycles. The zero-order chi connectivity index (χ0) is 18.2. The molecule has 0 aliphatic heterocycles. The van der Waals surface area contributed by atoms with E-state index in [4.69, 9.17) is 9.47 Å². The Morgan fingerprint density at radius 1 is 0.692 bits per heavy atom. The summed E-state index contributed by atoms with van der Waals surface area (Å²) >= 11 is 0. The fourth-order valence-corrected chi connectivity index (χ4v) is 2.90. The number of anilines is 1. The van der Waals surface area contributed by atoms with E-state index < -0.39 is 0 Å². The fourth-order valence-electron chi connectivity index (χ4n) is 2.90. The molecule has 0 aliphatic carbocycles. The number of ether oxygens (including phenoxy) is 2. The van der Waals surface area contributed by atoms with Gasteiger partial charge in [0.25, 0.3) is 0 Å². The minimum absolute atomic E-state index is 0.509. The van der Waals surface area contributed by atoms with Gasteiger partial charge in [-0.15, -0.1) is 0 Å². The number of benzene rings is 3. The fraction of sp³-hybridized carbons (Fsp3) is 0.217. The highest BCUT2D eigenvalue weighted by molar-refractivity contribution is 5.57. The van der Waals surface area contributed by atoms with Gasteiger partial charge in [-0.2, -0.15) is 0 Å². The molecule has 3 rings (SSSR count). The van der Waals surface area contributed by atoms with Crippen molar-refractivity contribution < 1.29 is 9.47 Å². The molecule has 26 heavy (non-hydrogen) atoms. The summed E-state index contributed by atoms with van der Waals surface area (Å²) in [5.41, 5.74) is 4.82. The predicted octanol–water partition coefficient (Wildman–Crippen LogP) is 5.37. The lowest BCUT2D eigenvalue weighted by atomic mass is 10.1. The normalized spacial score (nSPS) is 10.4. The number of para-hydroxylation sites is 3. The molecule has 3 aromatic carbocycles. The standard InChI is InChI=1S/C23H25NO2/c1-18-9-8-10-19(2)23(18)24-17-20-11-6-7-14-22(20)26-16-15-25-21-12-4-3-5-13-21/h3-14,24H,15-17H2,1-2H3. The summed E-state index contributed by atoms with van der Waals surface area (Å²) in [6, 6.07) is 24.3. The molecule has 0 aliphatic rings. The van der Waals surface area contributed by atoms with Crippen LogP contribution in [0.4, 0.5) is 5.69 Å². The smallest absolute Gasteiger partial charge is 0.124 e. The van der Waals surface area contributed by atoms with Crippen LogP contribution in [0.1, 0.15) is 16.7 Å². The summed E-state index contributed by atoms with van der Waals surface area (Å²) in [6.45, 7) is 6.00. The Bertz CT molecular complexity index is 810. The molecule has 0 saturated carbocycles. The lowest BCUT2D eigenvalue weighted by Crippen LogP contribution is -2.11. The molecule has 0 radical (unpaired) electrons. The van der Waals surface area contributed by atoms with Crippen LogP contribution in [0.3, 0.4) is 0 Å². The molecule has 1 N–H and O–H groups in total. The van der Waals surface area contributed by atoms with Crippen molar-refractivity contribution in [2.45, 2.75) is 20.4 Å². The molecule has 0 spiro atoms. The SMILES string of the molecule is Cc1cccc(C)c1NCc1ccccc1OCCOc1ccccc1. The summed E-state index contributed by atoms with van der Waals surface area (Å²) in [7, 11) is 0. The van der Waals surface area contributed by atoms with Crippen molar-refractivity contribution in [1.82, 2.24) is 0 Å². The second-order valence-electron chi connectivity index (χ2n) is 6.24. The zero-order valence-electron chi connectivity index (χ0n) is 15.4. The van der Waals surface area contributed by atoms with E-state index in [2.05, 4.69) is 43.4 Å². The van der Waals surface area contributed by atoms with Crippen molar-refractivity contribution in [3.05, 3.63) is 89.5 Å². The van der Waals surface area contributed by atoms with Crippen LogP contribution in [0.15, 0.2) is 72.8 Å². The Kier molecular flexibility index (Phi) is 6.15. The van der Waals surface area contributed by atoms with Crippen LogP contribution in [0.5, 0.6) is 11.5 Å². The highest BCUT2D eigenvalue weighted by Crippen LogP contribution is 2.23. The first-order valence-corrected chi connectivity index (χ1v) is 8.92. The third-order valence-electron chi connectivity index (χ3n) is 4.26. The first-order valence-electron chi connectivity index (χ1n) is 8.92. The molecule has 134 valence electrons. The molecule has 0 heterocycles. The summed E-state index contributed by atoms with van der Waals surface area (Å²) in [6.07, 6.45) is 0. The minimum Gasteiger partial charge on any atom is -0.490 e. The molecule has 0 fully saturated rings. The molecule has 0 atom stereocenters. The van der Waals surface area contributed by atoms with Crippen LogP contribution in [-0.4, -0.2) is 13.2 Å². The Labute approximate surface area is 155 Å². The second kappa shape index (κ2) is 8.95. The summed E-state index contributed by atoms with van der Waals surface area (Å²) in [4.78, 5) is 0.